The minimum Gasteiger partial charge on any atom is -0.370 e. The Bertz CT molecular complexity index is 896. The Balaban J connectivity index is 2.48. The molecular formula is C20H23N3O2S. The number of unbranched alkanes of at least 4 members (excludes halogenated alkanes) is 1. The summed E-state index contributed by atoms with van der Waals surface area (Å²) in [5.74, 6) is 0.202. The standard InChI is InChI=1S/C20H23N3O2S/c1-3-4-14-22-20(23-17-8-6-5-7-9-17)19(15-21)26(24,25)18-12-10-16(2)11-13-18/h5-13,22-23H,3-4,14H2,1-2H3/b20-19+. The summed E-state index contributed by atoms with van der Waals surface area (Å²) in [5.41, 5.74) is 1.66. The third-order valence-electron chi connectivity index (χ3n) is 3.80. The van der Waals surface area contributed by atoms with Gasteiger partial charge in [0.1, 0.15) is 11.9 Å². The lowest BCUT2D eigenvalue weighted by molar-refractivity contribution is 0.602. The largest absolute Gasteiger partial charge is 0.370 e. The predicted octanol–water partition coefficient (Wildman–Crippen LogP) is 3.96. The van der Waals surface area contributed by atoms with Crippen LogP contribution in [0.15, 0.2) is 70.2 Å². The summed E-state index contributed by atoms with van der Waals surface area (Å²) in [6, 6.07) is 17.5. The quantitative estimate of drug-likeness (QED) is 0.544. The molecule has 5 nitrogen and oxygen atoms in total. The monoisotopic (exact) mass is 369 g/mol. The zero-order chi connectivity index (χ0) is 19.0. The van der Waals surface area contributed by atoms with Gasteiger partial charge in [-0.15, -0.1) is 0 Å². The number of hydrogen-bond acceptors (Lipinski definition) is 5. The fourth-order valence-corrected chi connectivity index (χ4v) is 3.57. The van der Waals surface area contributed by atoms with E-state index >= 15 is 0 Å². The minimum atomic E-state index is -3.93. The SMILES string of the molecule is CCCCN/C(Nc1ccccc1)=C(/C#N)S(=O)(=O)c1ccc(C)cc1. The van der Waals surface area contributed by atoms with Crippen LogP contribution in [-0.4, -0.2) is 15.0 Å². The summed E-state index contributed by atoms with van der Waals surface area (Å²) in [6.07, 6.45) is 1.82. The van der Waals surface area contributed by atoms with Gasteiger partial charge in [0.15, 0.2) is 4.91 Å². The van der Waals surface area contributed by atoms with Crippen LogP contribution in [0.4, 0.5) is 5.69 Å². The van der Waals surface area contributed by atoms with E-state index in [-0.39, 0.29) is 15.6 Å². The van der Waals surface area contributed by atoms with Crippen molar-refractivity contribution in [3.8, 4) is 6.07 Å². The fourth-order valence-electron chi connectivity index (χ4n) is 2.32. The first-order chi connectivity index (χ1) is 12.5. The maximum absolute atomic E-state index is 13.0. The molecule has 0 bridgehead atoms. The van der Waals surface area contributed by atoms with Crippen LogP contribution in [0.5, 0.6) is 0 Å². The first-order valence-electron chi connectivity index (χ1n) is 8.51. The van der Waals surface area contributed by atoms with Crippen LogP contribution in [0.2, 0.25) is 0 Å². The molecule has 2 N–H and O–H groups in total. The predicted molar refractivity (Wildman–Crippen MR) is 104 cm³/mol. The molecule has 0 radical (unpaired) electrons. The van der Waals surface area contributed by atoms with Gasteiger partial charge >= 0.3 is 0 Å². The van der Waals surface area contributed by atoms with Gasteiger partial charge in [-0.3, -0.25) is 0 Å². The molecule has 2 aromatic rings. The number of para-hydroxylation sites is 1. The molecule has 0 aliphatic heterocycles. The molecule has 6 heteroatoms. The van der Waals surface area contributed by atoms with Crippen molar-refractivity contribution in [1.29, 1.82) is 5.26 Å². The van der Waals surface area contributed by atoms with Gasteiger partial charge in [-0.25, -0.2) is 8.42 Å². The summed E-state index contributed by atoms with van der Waals surface area (Å²) in [5, 5.41) is 15.7. The fraction of sp³-hybridized carbons (Fsp3) is 0.250. The van der Waals surface area contributed by atoms with Crippen molar-refractivity contribution in [3.63, 3.8) is 0 Å². The van der Waals surface area contributed by atoms with Crippen molar-refractivity contribution in [2.75, 3.05) is 11.9 Å². The van der Waals surface area contributed by atoms with E-state index in [0.29, 0.717) is 12.2 Å². The molecule has 136 valence electrons. The molecule has 0 fully saturated rings. The molecule has 0 amide bonds. The summed E-state index contributed by atoms with van der Waals surface area (Å²) >= 11 is 0. The Labute approximate surface area is 155 Å². The van der Waals surface area contributed by atoms with E-state index < -0.39 is 9.84 Å². The lowest BCUT2D eigenvalue weighted by atomic mass is 10.2. The average Bonchev–Trinajstić information content (AvgIpc) is 2.63. The van der Waals surface area contributed by atoms with Gasteiger partial charge in [0.05, 0.1) is 4.90 Å². The second-order valence-electron chi connectivity index (χ2n) is 5.90. The maximum atomic E-state index is 13.0. The average molecular weight is 369 g/mol. The van der Waals surface area contributed by atoms with Crippen molar-refractivity contribution in [1.82, 2.24) is 5.32 Å². The van der Waals surface area contributed by atoms with Crippen LogP contribution in [0.1, 0.15) is 25.3 Å². The second-order valence-corrected chi connectivity index (χ2v) is 7.79. The molecular weight excluding hydrogens is 346 g/mol. The van der Waals surface area contributed by atoms with E-state index in [4.69, 9.17) is 0 Å². The summed E-state index contributed by atoms with van der Waals surface area (Å²) < 4.78 is 26.0. The Morgan fingerprint density at radius 3 is 2.31 bits per heavy atom. The van der Waals surface area contributed by atoms with E-state index in [1.807, 2.05) is 50.2 Å². The first-order valence-corrected chi connectivity index (χ1v) is 9.99. The van der Waals surface area contributed by atoms with Crippen molar-refractivity contribution >= 4 is 15.5 Å². The highest BCUT2D eigenvalue weighted by Gasteiger charge is 2.25. The van der Waals surface area contributed by atoms with Gasteiger partial charge in [0.2, 0.25) is 9.84 Å². The molecule has 0 spiro atoms. The van der Waals surface area contributed by atoms with Gasteiger partial charge < -0.3 is 10.6 Å². The number of allylic oxidation sites excluding steroid dienone is 1. The van der Waals surface area contributed by atoms with E-state index in [9.17, 15) is 13.7 Å². The highest BCUT2D eigenvalue weighted by molar-refractivity contribution is 7.95. The molecule has 0 unspecified atom stereocenters. The highest BCUT2D eigenvalue weighted by Crippen LogP contribution is 2.22. The van der Waals surface area contributed by atoms with E-state index in [1.165, 1.54) is 12.1 Å². The van der Waals surface area contributed by atoms with E-state index in [2.05, 4.69) is 10.6 Å². The van der Waals surface area contributed by atoms with Crippen LogP contribution < -0.4 is 10.6 Å². The van der Waals surface area contributed by atoms with Crippen LogP contribution >= 0.6 is 0 Å². The first kappa shape index (κ1) is 19.5. The number of hydrogen-bond donors (Lipinski definition) is 2. The normalized spacial score (nSPS) is 12.0. The zero-order valence-corrected chi connectivity index (χ0v) is 15.8. The third kappa shape index (κ3) is 4.87. The smallest absolute Gasteiger partial charge is 0.220 e. The summed E-state index contributed by atoms with van der Waals surface area (Å²) in [4.78, 5) is -0.217. The Morgan fingerprint density at radius 1 is 1.08 bits per heavy atom. The lowest BCUT2D eigenvalue weighted by Gasteiger charge is -2.16. The number of nitriles is 1. The van der Waals surface area contributed by atoms with E-state index in [1.54, 1.807) is 12.1 Å². The molecule has 26 heavy (non-hydrogen) atoms. The summed E-state index contributed by atoms with van der Waals surface area (Å²) in [6.45, 7) is 4.50. The van der Waals surface area contributed by atoms with Gasteiger partial charge in [0, 0.05) is 12.2 Å². The van der Waals surface area contributed by atoms with E-state index in [0.717, 1.165) is 18.4 Å². The number of sulfone groups is 1. The molecule has 0 heterocycles. The minimum absolute atomic E-state index is 0.101. The molecule has 0 aliphatic carbocycles. The molecule has 0 aromatic heterocycles. The molecule has 0 aliphatic rings. The number of anilines is 1. The number of benzene rings is 2. The number of aryl methyl sites for hydroxylation is 1. The van der Waals surface area contributed by atoms with Gasteiger partial charge in [-0.2, -0.15) is 5.26 Å². The topological polar surface area (TPSA) is 82.0 Å². The van der Waals surface area contributed by atoms with Crippen LogP contribution in [0.3, 0.4) is 0 Å². The number of nitrogens with zero attached hydrogens (tertiary/aromatic N) is 1. The van der Waals surface area contributed by atoms with Crippen molar-refractivity contribution in [2.24, 2.45) is 0 Å². The van der Waals surface area contributed by atoms with Crippen LogP contribution in [0.25, 0.3) is 0 Å². The molecule has 0 saturated carbocycles. The Kier molecular flexibility index (Phi) is 6.81. The molecule has 2 rings (SSSR count). The van der Waals surface area contributed by atoms with Crippen molar-refractivity contribution in [3.05, 3.63) is 70.9 Å². The third-order valence-corrected chi connectivity index (χ3v) is 5.53. The molecule has 0 atom stereocenters. The van der Waals surface area contributed by atoms with Crippen LogP contribution in [-0.2, 0) is 9.84 Å². The highest BCUT2D eigenvalue weighted by atomic mass is 32.2. The van der Waals surface area contributed by atoms with Gasteiger partial charge in [-0.05, 0) is 37.6 Å². The Hall–Kier alpha value is -2.78. The summed E-state index contributed by atoms with van der Waals surface area (Å²) in [7, 11) is -3.93. The number of nitrogens with one attached hydrogen (secondary N) is 2. The van der Waals surface area contributed by atoms with Gasteiger partial charge in [-0.1, -0.05) is 49.2 Å². The van der Waals surface area contributed by atoms with Crippen molar-refractivity contribution in [2.45, 2.75) is 31.6 Å². The zero-order valence-electron chi connectivity index (χ0n) is 15.0. The number of rotatable bonds is 8. The maximum Gasteiger partial charge on any atom is 0.220 e. The second kappa shape index (κ2) is 9.07. The lowest BCUT2D eigenvalue weighted by Crippen LogP contribution is -2.25. The Morgan fingerprint density at radius 2 is 1.73 bits per heavy atom. The van der Waals surface area contributed by atoms with Crippen molar-refractivity contribution < 1.29 is 8.42 Å². The van der Waals surface area contributed by atoms with Gasteiger partial charge in [0.25, 0.3) is 0 Å². The molecule has 0 saturated heterocycles. The molecule has 2 aromatic carbocycles. The van der Waals surface area contributed by atoms with Crippen LogP contribution in [0, 0.1) is 18.3 Å².